The average molecular weight is 577 g/mol. The number of fused-ring (bicyclic) bond motifs is 5. The smallest absolute Gasteiger partial charge is 0.415 e. The standard InChI is InChI=1S/C30H32N4O8/c1-5-17-18-12-16(41-28(38)32-8-10-33(11-9-32)29(39)42-30(2,3)4)6-7-22(18)31-24-20(17)14-34-23(24)13-19-21(26(34)36)15-40-27(37)25(19)35/h6-7,12-13,25,35H,5,8-11,14-15H2,1-4H3. The summed E-state index contributed by atoms with van der Waals surface area (Å²) >= 11 is 0. The number of ether oxygens (including phenoxy) is 3. The van der Waals surface area contributed by atoms with Gasteiger partial charge >= 0.3 is 18.2 Å². The van der Waals surface area contributed by atoms with Crippen LogP contribution in [0, 0.1) is 0 Å². The molecular weight excluding hydrogens is 544 g/mol. The molecule has 2 amide bonds. The second kappa shape index (κ2) is 10.1. The van der Waals surface area contributed by atoms with Crippen LogP contribution >= 0.6 is 0 Å². The number of aromatic nitrogens is 2. The molecule has 220 valence electrons. The number of carbonyl (C=O) groups excluding carboxylic acids is 3. The van der Waals surface area contributed by atoms with Crippen LogP contribution in [0.1, 0.15) is 56.1 Å². The van der Waals surface area contributed by atoms with Crippen LogP contribution in [0.5, 0.6) is 5.75 Å². The van der Waals surface area contributed by atoms with E-state index >= 15 is 0 Å². The Bertz CT molecular complexity index is 1700. The summed E-state index contributed by atoms with van der Waals surface area (Å²) in [5, 5.41) is 11.2. The Hall–Kier alpha value is -4.45. The van der Waals surface area contributed by atoms with Crippen LogP contribution in [0.25, 0.3) is 22.3 Å². The zero-order valence-electron chi connectivity index (χ0n) is 23.9. The summed E-state index contributed by atoms with van der Waals surface area (Å²) in [7, 11) is 0. The van der Waals surface area contributed by atoms with Gasteiger partial charge in [-0.25, -0.2) is 19.4 Å². The summed E-state index contributed by atoms with van der Waals surface area (Å²) in [5.74, 6) is -0.418. The zero-order chi connectivity index (χ0) is 29.9. The van der Waals surface area contributed by atoms with Crippen molar-refractivity contribution in [3.05, 3.63) is 56.9 Å². The third kappa shape index (κ3) is 4.75. The van der Waals surface area contributed by atoms with E-state index in [1.54, 1.807) is 38.6 Å². The maximum absolute atomic E-state index is 13.3. The lowest BCUT2D eigenvalue weighted by atomic mass is 9.97. The Morgan fingerprint density at radius 1 is 1.05 bits per heavy atom. The Balaban J connectivity index is 1.24. The topological polar surface area (TPSA) is 140 Å². The van der Waals surface area contributed by atoms with Gasteiger partial charge in [0.2, 0.25) is 0 Å². The van der Waals surface area contributed by atoms with Gasteiger partial charge in [-0.05, 0) is 57.0 Å². The van der Waals surface area contributed by atoms with Gasteiger partial charge in [-0.1, -0.05) is 6.92 Å². The highest BCUT2D eigenvalue weighted by atomic mass is 16.6. The van der Waals surface area contributed by atoms with Crippen LogP contribution in [0.15, 0.2) is 29.1 Å². The van der Waals surface area contributed by atoms with Gasteiger partial charge in [0.05, 0.1) is 29.0 Å². The number of rotatable bonds is 2. The van der Waals surface area contributed by atoms with Crippen molar-refractivity contribution in [2.75, 3.05) is 26.2 Å². The van der Waals surface area contributed by atoms with Crippen molar-refractivity contribution in [2.45, 2.75) is 59.0 Å². The van der Waals surface area contributed by atoms with Gasteiger partial charge in [0, 0.05) is 42.7 Å². The Morgan fingerprint density at radius 3 is 2.40 bits per heavy atom. The van der Waals surface area contributed by atoms with Crippen molar-refractivity contribution in [1.82, 2.24) is 19.4 Å². The summed E-state index contributed by atoms with van der Waals surface area (Å²) in [6.45, 7) is 8.89. The molecule has 0 aliphatic carbocycles. The average Bonchev–Trinajstić information content (AvgIpc) is 3.31. The second-order valence-corrected chi connectivity index (χ2v) is 11.6. The summed E-state index contributed by atoms with van der Waals surface area (Å²) in [4.78, 5) is 58.5. The third-order valence-corrected chi connectivity index (χ3v) is 7.79. The molecule has 3 aromatic rings. The fourth-order valence-electron chi connectivity index (χ4n) is 5.72. The third-order valence-electron chi connectivity index (χ3n) is 7.79. The van der Waals surface area contributed by atoms with E-state index in [9.17, 15) is 24.3 Å². The highest BCUT2D eigenvalue weighted by molar-refractivity contribution is 5.90. The molecule has 0 spiro atoms. The summed E-state index contributed by atoms with van der Waals surface area (Å²) in [6.07, 6.45) is -1.79. The molecule has 3 aliphatic rings. The highest BCUT2D eigenvalue weighted by Crippen LogP contribution is 2.38. The quantitative estimate of drug-likeness (QED) is 0.356. The molecule has 1 aromatic carbocycles. The van der Waals surface area contributed by atoms with Gasteiger partial charge in [-0.2, -0.15) is 0 Å². The molecule has 0 radical (unpaired) electrons. The number of aliphatic hydroxyl groups excluding tert-OH is 1. The molecule has 2 aromatic heterocycles. The van der Waals surface area contributed by atoms with E-state index in [0.717, 1.165) is 16.5 Å². The van der Waals surface area contributed by atoms with Crippen LogP contribution < -0.4 is 10.3 Å². The SMILES string of the molecule is CCc1c2c(nc3ccc(OC(=O)N4CCN(C(=O)OC(C)(C)C)CC4)cc13)-c1cc3c(c(=O)n1C2)COC(=O)C3O. The van der Waals surface area contributed by atoms with Crippen LogP contribution in [-0.4, -0.2) is 74.4 Å². The van der Waals surface area contributed by atoms with Crippen molar-refractivity contribution >= 4 is 29.1 Å². The molecule has 1 fully saturated rings. The van der Waals surface area contributed by atoms with Crippen molar-refractivity contribution in [1.29, 1.82) is 0 Å². The molecule has 1 N–H and O–H groups in total. The maximum Gasteiger partial charge on any atom is 0.415 e. The molecule has 5 heterocycles. The minimum Gasteiger partial charge on any atom is -0.458 e. The Kier molecular flexibility index (Phi) is 6.68. The number of esters is 1. The number of carbonyl (C=O) groups is 3. The molecule has 3 aliphatic heterocycles. The van der Waals surface area contributed by atoms with E-state index in [1.165, 1.54) is 0 Å². The Labute approximate surface area is 241 Å². The lowest BCUT2D eigenvalue weighted by molar-refractivity contribution is -0.157. The van der Waals surface area contributed by atoms with E-state index in [2.05, 4.69) is 0 Å². The number of pyridine rings is 2. The number of hydrogen-bond donors (Lipinski definition) is 1. The van der Waals surface area contributed by atoms with Crippen molar-refractivity contribution in [3.63, 3.8) is 0 Å². The van der Waals surface area contributed by atoms with Crippen molar-refractivity contribution in [2.24, 2.45) is 0 Å². The molecule has 12 nitrogen and oxygen atoms in total. The fraction of sp³-hybridized carbons (Fsp3) is 0.433. The number of amides is 2. The number of aliphatic hydroxyl groups is 1. The molecule has 6 rings (SSSR count). The monoisotopic (exact) mass is 576 g/mol. The Morgan fingerprint density at radius 2 is 1.74 bits per heavy atom. The van der Waals surface area contributed by atoms with E-state index in [1.807, 2.05) is 27.7 Å². The lowest BCUT2D eigenvalue weighted by Gasteiger charge is -2.35. The predicted octanol–water partition coefficient (Wildman–Crippen LogP) is 3.13. The number of piperazine rings is 1. The van der Waals surface area contributed by atoms with Crippen molar-refractivity contribution < 1.29 is 33.7 Å². The molecule has 1 saturated heterocycles. The van der Waals surface area contributed by atoms with Gasteiger partial charge in [0.1, 0.15) is 18.0 Å². The van der Waals surface area contributed by atoms with Gasteiger partial charge in [-0.3, -0.25) is 4.79 Å². The van der Waals surface area contributed by atoms with Crippen molar-refractivity contribution in [3.8, 4) is 17.1 Å². The van der Waals surface area contributed by atoms with Gasteiger partial charge in [-0.15, -0.1) is 0 Å². The van der Waals surface area contributed by atoms with Gasteiger partial charge in [0.15, 0.2) is 6.10 Å². The van der Waals surface area contributed by atoms with Crippen LogP contribution in [0.3, 0.4) is 0 Å². The number of benzene rings is 1. The number of hydrogen-bond acceptors (Lipinski definition) is 9. The second-order valence-electron chi connectivity index (χ2n) is 11.6. The first-order valence-corrected chi connectivity index (χ1v) is 14.0. The molecule has 1 atom stereocenters. The first-order chi connectivity index (χ1) is 19.9. The first kappa shape index (κ1) is 27.7. The molecular formula is C30H32N4O8. The molecule has 0 bridgehead atoms. The van der Waals surface area contributed by atoms with Gasteiger partial charge < -0.3 is 33.7 Å². The first-order valence-electron chi connectivity index (χ1n) is 14.0. The zero-order valence-corrected chi connectivity index (χ0v) is 23.9. The van der Waals surface area contributed by atoms with Crippen LogP contribution in [-0.2, 0) is 33.8 Å². The lowest BCUT2D eigenvalue weighted by Crippen LogP contribution is -2.52. The largest absolute Gasteiger partial charge is 0.458 e. The van der Waals surface area contributed by atoms with E-state index < -0.39 is 29.9 Å². The summed E-state index contributed by atoms with van der Waals surface area (Å²) in [5.41, 5.74) is 3.27. The normalized spacial score (nSPS) is 17.8. The minimum absolute atomic E-state index is 0.179. The molecule has 42 heavy (non-hydrogen) atoms. The number of cyclic esters (lactones) is 1. The number of nitrogens with zero attached hydrogens (tertiary/aromatic N) is 4. The minimum atomic E-state index is -1.51. The highest BCUT2D eigenvalue weighted by Gasteiger charge is 2.35. The molecule has 1 unspecified atom stereocenters. The van der Waals surface area contributed by atoms with Gasteiger partial charge in [0.25, 0.3) is 5.56 Å². The maximum atomic E-state index is 13.3. The fourth-order valence-corrected chi connectivity index (χ4v) is 5.72. The summed E-state index contributed by atoms with van der Waals surface area (Å²) < 4.78 is 17.7. The van der Waals surface area contributed by atoms with Crippen LogP contribution in [0.2, 0.25) is 0 Å². The number of aryl methyl sites for hydroxylation is 1. The van der Waals surface area contributed by atoms with E-state index in [0.29, 0.717) is 61.8 Å². The van der Waals surface area contributed by atoms with E-state index in [4.69, 9.17) is 19.2 Å². The predicted molar refractivity (Wildman–Crippen MR) is 150 cm³/mol. The van der Waals surface area contributed by atoms with Crippen LogP contribution in [0.4, 0.5) is 9.59 Å². The van der Waals surface area contributed by atoms with E-state index in [-0.39, 0.29) is 23.3 Å². The molecule has 0 saturated carbocycles. The molecule has 12 heteroatoms. The summed E-state index contributed by atoms with van der Waals surface area (Å²) in [6, 6.07) is 6.88.